The molecule has 24 heavy (non-hydrogen) atoms. The first kappa shape index (κ1) is 17.5. The van der Waals surface area contributed by atoms with Crippen LogP contribution in [0.1, 0.15) is 16.9 Å². The minimum Gasteiger partial charge on any atom is -0.464 e. The highest BCUT2D eigenvalue weighted by Gasteiger charge is 2.52. The Morgan fingerprint density at radius 1 is 1.29 bits per heavy atom. The van der Waals surface area contributed by atoms with Crippen molar-refractivity contribution in [3.63, 3.8) is 0 Å². The number of esters is 1. The molecular weight excluding hydrogens is 335 g/mol. The molecule has 11 heteroatoms. The maximum Gasteiger partial charge on any atom is 0.394 e. The molecule has 0 bridgehead atoms. The predicted octanol–water partition coefficient (Wildman–Crippen LogP) is 0.167. The second-order valence-corrected chi connectivity index (χ2v) is 4.99. The van der Waals surface area contributed by atoms with E-state index in [2.05, 4.69) is 9.72 Å². The molecule has 0 aliphatic carbocycles. The minimum absolute atomic E-state index is 0.192. The molecule has 0 radical (unpaired) electrons. The number of pyridine rings is 1. The highest BCUT2D eigenvalue weighted by atomic mass is 19.4. The van der Waals surface area contributed by atoms with Crippen LogP contribution in [0.3, 0.4) is 0 Å². The summed E-state index contributed by atoms with van der Waals surface area (Å²) in [5.41, 5.74) is -1.46. The van der Waals surface area contributed by atoms with Crippen molar-refractivity contribution in [2.75, 3.05) is 12.4 Å². The number of anilines is 1. The highest BCUT2D eigenvalue weighted by Crippen LogP contribution is 2.35. The van der Waals surface area contributed by atoms with Gasteiger partial charge in [0, 0.05) is 6.42 Å². The van der Waals surface area contributed by atoms with E-state index in [0.29, 0.717) is 0 Å². The number of methoxy groups -OCH3 is 1. The summed E-state index contributed by atoms with van der Waals surface area (Å²) in [6, 6.07) is 0.330. The first-order valence-corrected chi connectivity index (χ1v) is 6.62. The van der Waals surface area contributed by atoms with Crippen molar-refractivity contribution in [1.82, 2.24) is 10.3 Å². The van der Waals surface area contributed by atoms with Gasteiger partial charge in [-0.2, -0.15) is 13.2 Å². The molecule has 0 aromatic carbocycles. The van der Waals surface area contributed by atoms with E-state index in [0.717, 1.165) is 19.2 Å². The number of hydrogen-bond donors (Lipinski definition) is 3. The average Bonchev–Trinajstić information content (AvgIpc) is 2.90. The molecule has 1 aliphatic rings. The van der Waals surface area contributed by atoms with Gasteiger partial charge in [0.25, 0.3) is 5.56 Å². The summed E-state index contributed by atoms with van der Waals surface area (Å²) < 4.78 is 42.9. The Labute approximate surface area is 132 Å². The molecule has 1 aliphatic heterocycles. The number of carbonyl (C=O) groups is 3. The monoisotopic (exact) mass is 347 g/mol. The van der Waals surface area contributed by atoms with Crippen LogP contribution in [-0.2, 0) is 14.3 Å². The van der Waals surface area contributed by atoms with Gasteiger partial charge in [-0.05, 0) is 12.1 Å². The fourth-order valence-electron chi connectivity index (χ4n) is 2.22. The van der Waals surface area contributed by atoms with Crippen LogP contribution in [0.4, 0.5) is 18.9 Å². The van der Waals surface area contributed by atoms with Gasteiger partial charge in [0.1, 0.15) is 17.4 Å². The van der Waals surface area contributed by atoms with E-state index in [1.807, 2.05) is 10.6 Å². The minimum atomic E-state index is -4.75. The number of halogens is 3. The van der Waals surface area contributed by atoms with Gasteiger partial charge < -0.3 is 20.4 Å². The van der Waals surface area contributed by atoms with Gasteiger partial charge in [-0.25, -0.2) is 4.79 Å². The van der Waals surface area contributed by atoms with Gasteiger partial charge in [-0.1, -0.05) is 0 Å². The smallest absolute Gasteiger partial charge is 0.394 e. The molecule has 8 nitrogen and oxygen atoms in total. The topological polar surface area (TPSA) is 117 Å². The average molecular weight is 347 g/mol. The van der Waals surface area contributed by atoms with Gasteiger partial charge in [0.2, 0.25) is 11.8 Å². The van der Waals surface area contributed by atoms with Crippen molar-refractivity contribution in [3.05, 3.63) is 28.2 Å². The zero-order chi connectivity index (χ0) is 18.1. The molecule has 2 heterocycles. The van der Waals surface area contributed by atoms with Crippen LogP contribution < -0.4 is 16.2 Å². The van der Waals surface area contributed by atoms with Crippen LogP contribution in [0.15, 0.2) is 16.9 Å². The molecule has 1 saturated heterocycles. The van der Waals surface area contributed by atoms with Crippen LogP contribution in [0, 0.1) is 5.92 Å². The predicted molar refractivity (Wildman–Crippen MR) is 73.1 cm³/mol. The van der Waals surface area contributed by atoms with E-state index >= 15 is 0 Å². The Kier molecular flexibility index (Phi) is 4.62. The quantitative estimate of drug-likeness (QED) is 0.674. The molecule has 130 valence electrons. The second kappa shape index (κ2) is 6.34. The van der Waals surface area contributed by atoms with Gasteiger partial charge >= 0.3 is 12.1 Å². The second-order valence-electron chi connectivity index (χ2n) is 4.99. The number of ether oxygens (including phenoxy) is 1. The number of H-pyrrole nitrogens is 1. The van der Waals surface area contributed by atoms with Gasteiger partial charge in [-0.15, -0.1) is 0 Å². The van der Waals surface area contributed by atoms with Crippen LogP contribution in [0.5, 0.6) is 0 Å². The number of carbonyl (C=O) groups excluding carboxylic acids is 3. The maximum atomic E-state index is 12.9. The van der Waals surface area contributed by atoms with Gasteiger partial charge in [-0.3, -0.25) is 14.4 Å². The molecule has 1 fully saturated rings. The van der Waals surface area contributed by atoms with Crippen LogP contribution in [-0.4, -0.2) is 42.1 Å². The van der Waals surface area contributed by atoms with E-state index in [1.165, 1.54) is 0 Å². The Hall–Kier alpha value is -2.85. The van der Waals surface area contributed by atoms with Crippen LogP contribution in [0.2, 0.25) is 0 Å². The molecule has 1 aromatic rings. The fraction of sp³-hybridized carbons (Fsp3) is 0.385. The van der Waals surface area contributed by atoms with Crippen LogP contribution >= 0.6 is 0 Å². The van der Waals surface area contributed by atoms with Gasteiger partial charge in [0.05, 0.1) is 13.0 Å². The lowest BCUT2D eigenvalue weighted by Crippen LogP contribution is -2.45. The zero-order valence-electron chi connectivity index (χ0n) is 12.2. The highest BCUT2D eigenvalue weighted by molar-refractivity contribution is 5.99. The van der Waals surface area contributed by atoms with E-state index in [9.17, 15) is 32.3 Å². The molecular formula is C13H12F3N3O5. The summed E-state index contributed by atoms with van der Waals surface area (Å²) in [4.78, 5) is 48.3. The number of aromatic nitrogens is 1. The Bertz CT molecular complexity index is 743. The first-order valence-electron chi connectivity index (χ1n) is 6.62. The number of alkyl halides is 3. The Morgan fingerprint density at radius 3 is 2.50 bits per heavy atom. The first-order chi connectivity index (χ1) is 11.1. The third-order valence-corrected chi connectivity index (χ3v) is 3.40. The van der Waals surface area contributed by atoms with E-state index in [4.69, 9.17) is 0 Å². The SMILES string of the molecule is COC(=O)c1ccc(NC(=O)C2NC(=O)CC2C(F)(F)F)c(=O)[nH]1. The Balaban J connectivity index is 2.19. The zero-order valence-corrected chi connectivity index (χ0v) is 12.2. The number of nitrogens with one attached hydrogen (secondary N) is 3. The summed E-state index contributed by atoms with van der Waals surface area (Å²) >= 11 is 0. The third-order valence-electron chi connectivity index (χ3n) is 3.40. The summed E-state index contributed by atoms with van der Waals surface area (Å²) in [6.07, 6.45) is -5.61. The number of amides is 2. The number of aromatic amines is 1. The maximum absolute atomic E-state index is 12.9. The number of rotatable bonds is 3. The van der Waals surface area contributed by atoms with Crippen molar-refractivity contribution in [2.45, 2.75) is 18.6 Å². The molecule has 0 spiro atoms. The molecule has 2 atom stereocenters. The summed E-state index contributed by atoms with van der Waals surface area (Å²) in [6.45, 7) is 0. The van der Waals surface area contributed by atoms with Crippen molar-refractivity contribution in [2.24, 2.45) is 5.92 Å². The third kappa shape index (κ3) is 3.55. The fourth-order valence-corrected chi connectivity index (χ4v) is 2.22. The largest absolute Gasteiger partial charge is 0.464 e. The van der Waals surface area contributed by atoms with Crippen molar-refractivity contribution >= 4 is 23.5 Å². The van der Waals surface area contributed by atoms with E-state index in [1.54, 1.807) is 0 Å². The summed E-state index contributed by atoms with van der Waals surface area (Å²) in [7, 11) is 1.09. The lowest BCUT2D eigenvalue weighted by molar-refractivity contribution is -0.178. The molecule has 2 unspecified atom stereocenters. The van der Waals surface area contributed by atoms with E-state index in [-0.39, 0.29) is 11.4 Å². The lowest BCUT2D eigenvalue weighted by atomic mass is 9.99. The standard InChI is InChI=1S/C13H12F3N3O5/c1-24-12(23)7-3-2-6(10(21)18-7)17-11(22)9-5(13(14,15)16)4-8(20)19-9/h2-3,5,9H,4H2,1H3,(H,17,22)(H,18,21)(H,19,20). The number of hydrogen-bond acceptors (Lipinski definition) is 5. The lowest BCUT2D eigenvalue weighted by Gasteiger charge is -2.20. The molecule has 2 rings (SSSR count). The molecule has 2 amide bonds. The normalized spacial score (nSPS) is 20.4. The van der Waals surface area contributed by atoms with Crippen molar-refractivity contribution in [1.29, 1.82) is 0 Å². The van der Waals surface area contributed by atoms with Gasteiger partial charge in [0.15, 0.2) is 0 Å². The Morgan fingerprint density at radius 2 is 1.96 bits per heavy atom. The summed E-state index contributed by atoms with van der Waals surface area (Å²) in [5.74, 6) is -5.10. The summed E-state index contributed by atoms with van der Waals surface area (Å²) in [5, 5.41) is 3.94. The van der Waals surface area contributed by atoms with E-state index < -0.39 is 47.9 Å². The van der Waals surface area contributed by atoms with Crippen molar-refractivity contribution in [3.8, 4) is 0 Å². The molecule has 0 saturated carbocycles. The molecule has 3 N–H and O–H groups in total. The van der Waals surface area contributed by atoms with Crippen LogP contribution in [0.25, 0.3) is 0 Å². The van der Waals surface area contributed by atoms with Crippen molar-refractivity contribution < 1.29 is 32.3 Å². The molecule has 1 aromatic heterocycles.